The summed E-state index contributed by atoms with van der Waals surface area (Å²) in [7, 11) is -3.75. The van der Waals surface area contributed by atoms with Crippen molar-refractivity contribution in [3.63, 3.8) is 0 Å². The molecule has 0 aliphatic rings. The average Bonchev–Trinajstić information content (AvgIpc) is 3.19. The zero-order valence-corrected chi connectivity index (χ0v) is 17.2. The molecule has 0 saturated carbocycles. The van der Waals surface area contributed by atoms with Gasteiger partial charge < -0.3 is 0 Å². The molecule has 132 valence electrons. The van der Waals surface area contributed by atoms with Crippen LogP contribution in [-0.4, -0.2) is 18.2 Å². The van der Waals surface area contributed by atoms with E-state index in [0.717, 1.165) is 14.9 Å². The standard InChI is InChI=1S/C17H18BrN3O2S2/c1-11(2)21-10-16(17(19-21)15-5-4-8-24-15)25(22,23)20-13-6-7-14(18)12(3)9-13/h4-11,20H,1-3H3. The van der Waals surface area contributed by atoms with Crippen LogP contribution in [-0.2, 0) is 10.0 Å². The molecule has 0 atom stereocenters. The summed E-state index contributed by atoms with van der Waals surface area (Å²) in [6.07, 6.45) is 1.59. The van der Waals surface area contributed by atoms with Gasteiger partial charge >= 0.3 is 0 Å². The Labute approximate surface area is 159 Å². The Balaban J connectivity index is 2.05. The smallest absolute Gasteiger partial charge is 0.265 e. The second-order valence-corrected chi connectivity index (χ2v) is 9.42. The molecule has 2 heterocycles. The molecule has 5 nitrogen and oxygen atoms in total. The summed E-state index contributed by atoms with van der Waals surface area (Å²) in [6.45, 7) is 5.84. The van der Waals surface area contributed by atoms with E-state index in [0.29, 0.717) is 11.4 Å². The maximum Gasteiger partial charge on any atom is 0.265 e. The highest BCUT2D eigenvalue weighted by atomic mass is 79.9. The van der Waals surface area contributed by atoms with Crippen molar-refractivity contribution in [3.8, 4) is 10.6 Å². The van der Waals surface area contributed by atoms with Gasteiger partial charge in [-0.1, -0.05) is 22.0 Å². The maximum absolute atomic E-state index is 13.0. The lowest BCUT2D eigenvalue weighted by Gasteiger charge is -2.09. The van der Waals surface area contributed by atoms with E-state index in [4.69, 9.17) is 0 Å². The summed E-state index contributed by atoms with van der Waals surface area (Å²) >= 11 is 4.89. The van der Waals surface area contributed by atoms with Gasteiger partial charge in [0.2, 0.25) is 0 Å². The number of hydrogen-bond donors (Lipinski definition) is 1. The maximum atomic E-state index is 13.0. The molecule has 8 heteroatoms. The lowest BCUT2D eigenvalue weighted by atomic mass is 10.2. The van der Waals surface area contributed by atoms with Gasteiger partial charge in [-0.15, -0.1) is 11.3 Å². The fraction of sp³-hybridized carbons (Fsp3) is 0.235. The van der Waals surface area contributed by atoms with Gasteiger partial charge in [0, 0.05) is 22.4 Å². The number of anilines is 1. The van der Waals surface area contributed by atoms with Crippen LogP contribution < -0.4 is 4.72 Å². The van der Waals surface area contributed by atoms with E-state index < -0.39 is 10.0 Å². The fourth-order valence-electron chi connectivity index (χ4n) is 2.34. The second kappa shape index (κ2) is 6.93. The predicted octanol–water partition coefficient (Wildman–Crippen LogP) is 5.06. The van der Waals surface area contributed by atoms with Crippen molar-refractivity contribution in [2.75, 3.05) is 4.72 Å². The molecule has 0 aliphatic heterocycles. The third kappa shape index (κ3) is 3.80. The van der Waals surface area contributed by atoms with E-state index >= 15 is 0 Å². The number of sulfonamides is 1. The van der Waals surface area contributed by atoms with Gasteiger partial charge in [0.1, 0.15) is 10.6 Å². The van der Waals surface area contributed by atoms with Crippen molar-refractivity contribution in [2.24, 2.45) is 0 Å². The number of thiophene rings is 1. The van der Waals surface area contributed by atoms with E-state index in [2.05, 4.69) is 25.8 Å². The van der Waals surface area contributed by atoms with Crippen LogP contribution in [0, 0.1) is 6.92 Å². The van der Waals surface area contributed by atoms with Crippen LogP contribution in [0.5, 0.6) is 0 Å². The number of hydrogen-bond acceptors (Lipinski definition) is 4. The van der Waals surface area contributed by atoms with Crippen molar-refractivity contribution in [1.29, 1.82) is 0 Å². The second-order valence-electron chi connectivity index (χ2n) is 5.96. The van der Waals surface area contributed by atoms with Crippen molar-refractivity contribution in [2.45, 2.75) is 31.7 Å². The summed E-state index contributed by atoms with van der Waals surface area (Å²) < 4.78 is 31.2. The molecule has 0 saturated heterocycles. The summed E-state index contributed by atoms with van der Waals surface area (Å²) in [6, 6.07) is 9.17. The summed E-state index contributed by atoms with van der Waals surface area (Å²) in [5, 5.41) is 6.40. The average molecular weight is 440 g/mol. The molecule has 0 bridgehead atoms. The minimum Gasteiger partial charge on any atom is -0.280 e. The third-order valence-electron chi connectivity index (χ3n) is 3.68. The molecule has 2 aromatic heterocycles. The predicted molar refractivity (Wildman–Crippen MR) is 106 cm³/mol. The summed E-state index contributed by atoms with van der Waals surface area (Å²) in [4.78, 5) is 1.01. The number of nitrogens with one attached hydrogen (secondary N) is 1. The summed E-state index contributed by atoms with van der Waals surface area (Å²) in [5.74, 6) is 0. The monoisotopic (exact) mass is 439 g/mol. The Bertz CT molecular complexity index is 993. The van der Waals surface area contributed by atoms with E-state index in [9.17, 15) is 8.42 Å². The molecule has 25 heavy (non-hydrogen) atoms. The molecule has 0 unspecified atom stereocenters. The van der Waals surface area contributed by atoms with Crippen LogP contribution in [0.1, 0.15) is 25.5 Å². The molecule has 3 aromatic rings. The highest BCUT2D eigenvalue weighted by molar-refractivity contribution is 9.10. The van der Waals surface area contributed by atoms with Crippen LogP contribution in [0.15, 0.2) is 51.3 Å². The molecule has 0 amide bonds. The number of benzene rings is 1. The largest absolute Gasteiger partial charge is 0.280 e. The van der Waals surface area contributed by atoms with E-state index in [1.54, 1.807) is 23.0 Å². The van der Waals surface area contributed by atoms with Crippen molar-refractivity contribution >= 4 is 43.0 Å². The number of aryl methyl sites for hydroxylation is 1. The molecule has 0 radical (unpaired) electrons. The normalized spacial score (nSPS) is 11.9. The fourth-order valence-corrected chi connectivity index (χ4v) is 4.57. The quantitative estimate of drug-likeness (QED) is 0.603. The van der Waals surface area contributed by atoms with E-state index in [1.165, 1.54) is 11.3 Å². The molecule has 0 spiro atoms. The van der Waals surface area contributed by atoms with Crippen molar-refractivity contribution in [1.82, 2.24) is 9.78 Å². The molecule has 0 aliphatic carbocycles. The van der Waals surface area contributed by atoms with Crippen LogP contribution in [0.4, 0.5) is 5.69 Å². The van der Waals surface area contributed by atoms with Gasteiger partial charge in [-0.2, -0.15) is 5.10 Å². The van der Waals surface area contributed by atoms with Crippen LogP contribution in [0.25, 0.3) is 10.6 Å². The van der Waals surface area contributed by atoms with Crippen LogP contribution in [0.2, 0.25) is 0 Å². The number of nitrogens with zero attached hydrogens (tertiary/aromatic N) is 2. The Kier molecular flexibility index (Phi) is 5.04. The minimum absolute atomic E-state index is 0.0672. The number of rotatable bonds is 5. The SMILES string of the molecule is Cc1cc(NS(=O)(=O)c2cn(C(C)C)nc2-c2cccs2)ccc1Br. The van der Waals surface area contributed by atoms with E-state index in [1.807, 2.05) is 44.4 Å². The zero-order valence-electron chi connectivity index (χ0n) is 14.0. The van der Waals surface area contributed by atoms with Crippen molar-refractivity contribution in [3.05, 3.63) is 51.9 Å². The van der Waals surface area contributed by atoms with Crippen molar-refractivity contribution < 1.29 is 8.42 Å². The molecule has 1 N–H and O–H groups in total. The topological polar surface area (TPSA) is 64.0 Å². The molecule has 3 rings (SSSR count). The van der Waals surface area contributed by atoms with Gasteiger partial charge in [0.15, 0.2) is 0 Å². The first-order chi connectivity index (χ1) is 11.8. The van der Waals surface area contributed by atoms with Crippen LogP contribution in [0.3, 0.4) is 0 Å². The third-order valence-corrected chi connectivity index (χ3v) is 6.83. The molecule has 0 fully saturated rings. The van der Waals surface area contributed by atoms with Gasteiger partial charge in [0.05, 0.1) is 4.88 Å². The molecule has 1 aromatic carbocycles. The van der Waals surface area contributed by atoms with Gasteiger partial charge in [0.25, 0.3) is 10.0 Å². The first-order valence-electron chi connectivity index (χ1n) is 7.70. The van der Waals surface area contributed by atoms with Gasteiger partial charge in [-0.25, -0.2) is 8.42 Å². The summed E-state index contributed by atoms with van der Waals surface area (Å²) in [5.41, 5.74) is 1.96. The minimum atomic E-state index is -3.75. The Morgan fingerprint density at radius 3 is 2.64 bits per heavy atom. The van der Waals surface area contributed by atoms with Gasteiger partial charge in [-0.05, 0) is 56.0 Å². The highest BCUT2D eigenvalue weighted by Gasteiger charge is 2.25. The first-order valence-corrected chi connectivity index (χ1v) is 10.9. The lowest BCUT2D eigenvalue weighted by molar-refractivity contribution is 0.532. The number of halogens is 1. The molecular weight excluding hydrogens is 422 g/mol. The Hall–Kier alpha value is -1.64. The Morgan fingerprint density at radius 1 is 1.28 bits per heavy atom. The molecular formula is C17H18BrN3O2S2. The van der Waals surface area contributed by atoms with Gasteiger partial charge in [-0.3, -0.25) is 9.40 Å². The first kappa shape index (κ1) is 18.2. The van der Waals surface area contributed by atoms with Crippen LogP contribution >= 0.6 is 27.3 Å². The number of aromatic nitrogens is 2. The Morgan fingerprint density at radius 2 is 2.04 bits per heavy atom. The highest BCUT2D eigenvalue weighted by Crippen LogP contribution is 2.32. The zero-order chi connectivity index (χ0) is 18.2. The lowest BCUT2D eigenvalue weighted by Crippen LogP contribution is -2.13. The van der Waals surface area contributed by atoms with E-state index in [-0.39, 0.29) is 10.9 Å².